The number of carbonyl (C=O) groups is 2. The van der Waals surface area contributed by atoms with Gasteiger partial charge in [0.2, 0.25) is 0 Å². The molecule has 0 unspecified atom stereocenters. The van der Waals surface area contributed by atoms with Crippen LogP contribution in [0.3, 0.4) is 0 Å². The molecule has 172 valence electrons. The van der Waals surface area contributed by atoms with Crippen molar-refractivity contribution in [2.75, 3.05) is 11.9 Å². The Labute approximate surface area is 193 Å². The molecule has 0 radical (unpaired) electrons. The van der Waals surface area contributed by atoms with Crippen LogP contribution in [0.5, 0.6) is 0 Å². The topological polar surface area (TPSA) is 85.2 Å². The van der Waals surface area contributed by atoms with Crippen molar-refractivity contribution in [3.05, 3.63) is 58.9 Å². The largest absolute Gasteiger partial charge is 0.368 e. The van der Waals surface area contributed by atoms with Gasteiger partial charge < -0.3 is 19.9 Å². The van der Waals surface area contributed by atoms with Crippen molar-refractivity contribution < 1.29 is 14.3 Å². The monoisotopic (exact) mass is 446 g/mol. The zero-order valence-electron chi connectivity index (χ0n) is 19.2. The number of carbonyl (C=O) groups excluding carboxylic acids is 2. The number of hydrogen-bond donors (Lipinski definition) is 2. The molecule has 1 atom stereocenters. The first-order valence-electron chi connectivity index (χ1n) is 11.8. The average molecular weight is 447 g/mol. The fourth-order valence-electron chi connectivity index (χ4n) is 4.62. The normalized spacial score (nSPS) is 18.3. The molecule has 33 heavy (non-hydrogen) atoms. The molecule has 0 spiro atoms. The molecule has 3 aromatic rings. The minimum atomic E-state index is -0.446. The minimum Gasteiger partial charge on any atom is -0.368 e. The number of aryl methyl sites for hydroxylation is 2. The SMILES string of the molecule is Cc1ccc(CNC(=O)c2cc(NC(=O)[C@@H]3CCCO3)c3c(c2)nc(C2CCC2)n3C)cc1. The molecule has 2 N–H and O–H groups in total. The number of hydrogen-bond acceptors (Lipinski definition) is 4. The van der Waals surface area contributed by atoms with Crippen LogP contribution in [0.25, 0.3) is 11.0 Å². The van der Waals surface area contributed by atoms with Crippen LogP contribution in [0.15, 0.2) is 36.4 Å². The summed E-state index contributed by atoms with van der Waals surface area (Å²) in [6.45, 7) is 3.07. The van der Waals surface area contributed by atoms with Crippen molar-refractivity contribution in [3.63, 3.8) is 0 Å². The zero-order valence-corrected chi connectivity index (χ0v) is 19.2. The highest BCUT2D eigenvalue weighted by molar-refractivity contribution is 6.06. The number of imidazole rings is 1. The number of aromatic nitrogens is 2. The second kappa shape index (κ2) is 8.98. The van der Waals surface area contributed by atoms with Crippen LogP contribution in [0.1, 0.15) is 65.3 Å². The molecule has 7 heteroatoms. The minimum absolute atomic E-state index is 0.169. The van der Waals surface area contributed by atoms with Crippen molar-refractivity contribution in [1.82, 2.24) is 14.9 Å². The van der Waals surface area contributed by atoms with E-state index in [1.165, 1.54) is 12.0 Å². The van der Waals surface area contributed by atoms with Crippen LogP contribution in [-0.2, 0) is 23.1 Å². The van der Waals surface area contributed by atoms with Crippen molar-refractivity contribution in [2.24, 2.45) is 7.05 Å². The van der Waals surface area contributed by atoms with Crippen LogP contribution in [0.4, 0.5) is 5.69 Å². The van der Waals surface area contributed by atoms with Gasteiger partial charge in [0.05, 0.1) is 16.7 Å². The molecular formula is C26H30N4O3. The number of anilines is 1. The fourth-order valence-corrected chi connectivity index (χ4v) is 4.62. The van der Waals surface area contributed by atoms with E-state index >= 15 is 0 Å². The van der Waals surface area contributed by atoms with E-state index in [0.29, 0.717) is 36.7 Å². The summed E-state index contributed by atoms with van der Waals surface area (Å²) < 4.78 is 7.63. The maximum Gasteiger partial charge on any atom is 0.253 e. The Balaban J connectivity index is 1.45. The second-order valence-corrected chi connectivity index (χ2v) is 9.21. The van der Waals surface area contributed by atoms with Crippen LogP contribution in [-0.4, -0.2) is 34.1 Å². The van der Waals surface area contributed by atoms with Gasteiger partial charge in [-0.05, 0) is 50.3 Å². The predicted molar refractivity (Wildman–Crippen MR) is 127 cm³/mol. The molecular weight excluding hydrogens is 416 g/mol. The zero-order chi connectivity index (χ0) is 22.9. The van der Waals surface area contributed by atoms with E-state index in [2.05, 4.69) is 15.2 Å². The molecule has 1 saturated heterocycles. The van der Waals surface area contributed by atoms with Crippen molar-refractivity contribution >= 4 is 28.5 Å². The van der Waals surface area contributed by atoms with Crippen LogP contribution in [0, 0.1) is 6.92 Å². The Morgan fingerprint density at radius 1 is 1.12 bits per heavy atom. The number of fused-ring (bicyclic) bond motifs is 1. The molecule has 2 aliphatic rings. The predicted octanol–water partition coefficient (Wildman–Crippen LogP) is 4.20. The van der Waals surface area contributed by atoms with E-state index in [1.54, 1.807) is 6.07 Å². The van der Waals surface area contributed by atoms with Gasteiger partial charge in [-0.1, -0.05) is 36.2 Å². The molecule has 7 nitrogen and oxygen atoms in total. The lowest BCUT2D eigenvalue weighted by Gasteiger charge is -2.24. The summed E-state index contributed by atoms with van der Waals surface area (Å²) in [5, 5.41) is 6.02. The molecule has 0 bridgehead atoms. The lowest BCUT2D eigenvalue weighted by Crippen LogP contribution is -2.27. The lowest BCUT2D eigenvalue weighted by molar-refractivity contribution is -0.124. The average Bonchev–Trinajstić information content (AvgIpc) is 3.41. The molecule has 1 aliphatic carbocycles. The number of rotatable bonds is 6. The van der Waals surface area contributed by atoms with Crippen molar-refractivity contribution in [1.29, 1.82) is 0 Å². The first kappa shape index (κ1) is 21.6. The van der Waals surface area contributed by atoms with E-state index < -0.39 is 6.10 Å². The molecule has 2 aromatic carbocycles. The van der Waals surface area contributed by atoms with Gasteiger partial charge in [-0.25, -0.2) is 4.98 Å². The third kappa shape index (κ3) is 4.37. The number of ether oxygens (including phenoxy) is 1. The molecule has 2 fully saturated rings. The highest BCUT2D eigenvalue weighted by atomic mass is 16.5. The van der Waals surface area contributed by atoms with Crippen LogP contribution < -0.4 is 10.6 Å². The van der Waals surface area contributed by atoms with Gasteiger partial charge >= 0.3 is 0 Å². The fraction of sp³-hybridized carbons (Fsp3) is 0.423. The van der Waals surface area contributed by atoms with Crippen LogP contribution >= 0.6 is 0 Å². The molecule has 1 aliphatic heterocycles. The molecule has 1 aromatic heterocycles. The highest BCUT2D eigenvalue weighted by Crippen LogP contribution is 2.38. The maximum absolute atomic E-state index is 13.0. The Bertz CT molecular complexity index is 1190. The first-order valence-corrected chi connectivity index (χ1v) is 11.8. The number of nitrogens with zero attached hydrogens (tertiary/aromatic N) is 2. The summed E-state index contributed by atoms with van der Waals surface area (Å²) >= 11 is 0. The number of amides is 2. The van der Waals surface area contributed by atoms with Gasteiger partial charge in [0, 0.05) is 31.7 Å². The van der Waals surface area contributed by atoms with Crippen LogP contribution in [0.2, 0.25) is 0 Å². The van der Waals surface area contributed by atoms with Gasteiger partial charge in [0.1, 0.15) is 11.9 Å². The number of nitrogens with one attached hydrogen (secondary N) is 2. The highest BCUT2D eigenvalue weighted by Gasteiger charge is 2.28. The molecule has 2 heterocycles. The van der Waals surface area contributed by atoms with E-state index in [4.69, 9.17) is 9.72 Å². The van der Waals surface area contributed by atoms with E-state index in [-0.39, 0.29) is 11.8 Å². The summed E-state index contributed by atoms with van der Waals surface area (Å²) in [6, 6.07) is 11.7. The summed E-state index contributed by atoms with van der Waals surface area (Å²) in [4.78, 5) is 30.7. The van der Waals surface area contributed by atoms with Gasteiger partial charge in [0.25, 0.3) is 11.8 Å². The maximum atomic E-state index is 13.0. The van der Waals surface area contributed by atoms with Gasteiger partial charge in [-0.3, -0.25) is 9.59 Å². The lowest BCUT2D eigenvalue weighted by atomic mass is 9.85. The summed E-state index contributed by atoms with van der Waals surface area (Å²) in [5.41, 5.74) is 4.87. The third-order valence-electron chi connectivity index (χ3n) is 6.79. The van der Waals surface area contributed by atoms with Crippen molar-refractivity contribution in [2.45, 2.75) is 57.6 Å². The standard InChI is InChI=1S/C26H30N4O3/c1-16-8-10-17(11-9-16)15-27-25(31)19-13-20-23(30(2)24(28-20)18-5-3-6-18)21(14-19)29-26(32)22-7-4-12-33-22/h8-11,13-14,18,22H,3-7,12,15H2,1-2H3,(H,27,31)(H,29,32)/t22-/m0/s1. The van der Waals surface area contributed by atoms with E-state index in [0.717, 1.165) is 41.7 Å². The first-order chi connectivity index (χ1) is 16.0. The Kier molecular flexibility index (Phi) is 5.89. The summed E-state index contributed by atoms with van der Waals surface area (Å²) in [7, 11) is 1.99. The summed E-state index contributed by atoms with van der Waals surface area (Å²) in [6.07, 6.45) is 4.61. The van der Waals surface area contributed by atoms with Crippen molar-refractivity contribution in [3.8, 4) is 0 Å². The molecule has 1 saturated carbocycles. The second-order valence-electron chi connectivity index (χ2n) is 9.21. The number of benzene rings is 2. The van der Waals surface area contributed by atoms with E-state index in [1.807, 2.05) is 44.3 Å². The Hall–Kier alpha value is -3.19. The third-order valence-corrected chi connectivity index (χ3v) is 6.79. The Morgan fingerprint density at radius 2 is 1.91 bits per heavy atom. The van der Waals surface area contributed by atoms with E-state index in [9.17, 15) is 9.59 Å². The Morgan fingerprint density at radius 3 is 2.58 bits per heavy atom. The molecule has 2 amide bonds. The summed E-state index contributed by atoms with van der Waals surface area (Å²) in [5.74, 6) is 1.09. The molecule has 5 rings (SSSR count). The smallest absolute Gasteiger partial charge is 0.253 e. The quantitative estimate of drug-likeness (QED) is 0.594. The van der Waals surface area contributed by atoms with Gasteiger partial charge in [-0.15, -0.1) is 0 Å². The van der Waals surface area contributed by atoms with Gasteiger partial charge in [-0.2, -0.15) is 0 Å². The van der Waals surface area contributed by atoms with Gasteiger partial charge in [0.15, 0.2) is 0 Å².